The smallest absolute Gasteiger partial charge is 0.399 e. The molecule has 0 saturated heterocycles. The molecule has 1 rings (SSSR count). The van der Waals surface area contributed by atoms with Crippen LogP contribution in [0.1, 0.15) is 62.5 Å². The predicted molar refractivity (Wildman–Crippen MR) is 89.6 cm³/mol. The molecule has 0 aromatic heterocycles. The molecule has 0 atom stereocenters. The highest BCUT2D eigenvalue weighted by Gasteiger charge is 2.33. The summed E-state index contributed by atoms with van der Waals surface area (Å²) in [6.07, 6.45) is 1.73. The maximum Gasteiger partial charge on any atom is 0.417 e. The Morgan fingerprint density at radius 1 is 1.12 bits per heavy atom. The van der Waals surface area contributed by atoms with Crippen LogP contribution in [0.5, 0.6) is 0 Å². The molecule has 1 aromatic carbocycles. The van der Waals surface area contributed by atoms with Gasteiger partial charge in [-0.2, -0.15) is 13.2 Å². The van der Waals surface area contributed by atoms with E-state index in [2.05, 4.69) is 11.8 Å². The number of carbonyl (C=O) groups is 1. The second kappa shape index (κ2) is 10.6. The van der Waals surface area contributed by atoms with Crippen LogP contribution in [0.3, 0.4) is 0 Å². The molecule has 0 unspecified atom stereocenters. The van der Waals surface area contributed by atoms with Gasteiger partial charge in [-0.3, -0.25) is 10.0 Å². The zero-order chi connectivity index (χ0) is 18.7. The van der Waals surface area contributed by atoms with Gasteiger partial charge in [0.15, 0.2) is 0 Å². The fraction of sp³-hybridized carbons (Fsp3) is 0.500. The average molecular weight is 356 g/mol. The van der Waals surface area contributed by atoms with Crippen LogP contribution in [-0.2, 0) is 11.0 Å². The Morgan fingerprint density at radius 3 is 2.40 bits per heavy atom. The summed E-state index contributed by atoms with van der Waals surface area (Å²) in [5.41, 5.74) is 6.21. The number of hydroxylamine groups is 1. The third-order valence-electron chi connectivity index (χ3n) is 3.65. The van der Waals surface area contributed by atoms with Gasteiger partial charge in [0.2, 0.25) is 5.91 Å². The molecule has 0 bridgehead atoms. The van der Waals surface area contributed by atoms with Gasteiger partial charge >= 0.3 is 6.18 Å². The molecule has 0 spiro atoms. The van der Waals surface area contributed by atoms with Gasteiger partial charge in [0.1, 0.15) is 0 Å². The van der Waals surface area contributed by atoms with Crippen molar-refractivity contribution in [3.05, 3.63) is 29.3 Å². The molecule has 0 aliphatic carbocycles. The molecule has 138 valence electrons. The molecule has 0 heterocycles. The second-order valence-corrected chi connectivity index (χ2v) is 5.76. The van der Waals surface area contributed by atoms with Gasteiger partial charge in [0, 0.05) is 24.1 Å². The summed E-state index contributed by atoms with van der Waals surface area (Å²) in [5.74, 6) is 4.99. The fourth-order valence-corrected chi connectivity index (χ4v) is 2.33. The van der Waals surface area contributed by atoms with Crippen molar-refractivity contribution in [3.63, 3.8) is 0 Å². The van der Waals surface area contributed by atoms with E-state index in [1.807, 2.05) is 0 Å². The monoisotopic (exact) mass is 356 g/mol. The van der Waals surface area contributed by atoms with E-state index in [1.54, 1.807) is 5.48 Å². The minimum absolute atomic E-state index is 0.0520. The number of rotatable bonds is 8. The highest BCUT2D eigenvalue weighted by atomic mass is 19.4. The lowest BCUT2D eigenvalue weighted by Gasteiger charge is -2.09. The number of nitrogens with two attached hydrogens (primary N) is 1. The Hall–Kier alpha value is -2.20. The average Bonchev–Trinajstić information content (AvgIpc) is 2.56. The second-order valence-electron chi connectivity index (χ2n) is 5.76. The van der Waals surface area contributed by atoms with E-state index in [0.717, 1.165) is 44.6 Å². The number of benzene rings is 1. The van der Waals surface area contributed by atoms with Crippen molar-refractivity contribution in [1.29, 1.82) is 0 Å². The molecule has 7 heteroatoms. The van der Waals surface area contributed by atoms with Crippen LogP contribution in [0.15, 0.2) is 18.2 Å². The summed E-state index contributed by atoms with van der Waals surface area (Å²) in [4.78, 5) is 10.8. The van der Waals surface area contributed by atoms with Crippen LogP contribution in [-0.4, -0.2) is 11.1 Å². The number of nitrogens with one attached hydrogen (secondary N) is 1. The van der Waals surface area contributed by atoms with E-state index in [1.165, 1.54) is 12.1 Å². The van der Waals surface area contributed by atoms with Crippen molar-refractivity contribution in [1.82, 2.24) is 5.48 Å². The van der Waals surface area contributed by atoms with Gasteiger partial charge in [-0.05, 0) is 31.0 Å². The number of anilines is 1. The molecule has 0 aliphatic heterocycles. The number of carbonyl (C=O) groups excluding carboxylic acids is 1. The Labute approximate surface area is 145 Å². The van der Waals surface area contributed by atoms with E-state index >= 15 is 0 Å². The third kappa shape index (κ3) is 8.45. The van der Waals surface area contributed by atoms with Gasteiger partial charge < -0.3 is 5.73 Å². The first kappa shape index (κ1) is 20.8. The molecular weight excluding hydrogens is 333 g/mol. The molecule has 0 fully saturated rings. The van der Waals surface area contributed by atoms with Crippen molar-refractivity contribution in [2.75, 3.05) is 5.73 Å². The minimum Gasteiger partial charge on any atom is -0.399 e. The van der Waals surface area contributed by atoms with Crippen LogP contribution in [0.2, 0.25) is 0 Å². The number of halogens is 3. The lowest BCUT2D eigenvalue weighted by atomic mass is 10.1. The molecule has 1 aromatic rings. The molecule has 0 radical (unpaired) electrons. The molecule has 4 nitrogen and oxygen atoms in total. The van der Waals surface area contributed by atoms with Crippen molar-refractivity contribution < 1.29 is 23.2 Å². The summed E-state index contributed by atoms with van der Waals surface area (Å²) >= 11 is 0. The van der Waals surface area contributed by atoms with Gasteiger partial charge in [-0.1, -0.05) is 37.5 Å². The van der Waals surface area contributed by atoms with Crippen LogP contribution in [0.4, 0.5) is 18.9 Å². The number of amides is 1. The highest BCUT2D eigenvalue weighted by molar-refractivity contribution is 5.74. The lowest BCUT2D eigenvalue weighted by molar-refractivity contribution is -0.137. The van der Waals surface area contributed by atoms with E-state index in [-0.39, 0.29) is 17.2 Å². The first-order chi connectivity index (χ1) is 11.8. The molecule has 25 heavy (non-hydrogen) atoms. The maximum absolute atomic E-state index is 12.9. The number of hydrogen-bond acceptors (Lipinski definition) is 3. The summed E-state index contributed by atoms with van der Waals surface area (Å²) in [6.45, 7) is 0. The third-order valence-corrected chi connectivity index (χ3v) is 3.65. The van der Waals surface area contributed by atoms with E-state index in [0.29, 0.717) is 12.8 Å². The number of nitrogen functional groups attached to an aromatic ring is 1. The fourth-order valence-electron chi connectivity index (χ4n) is 2.33. The minimum atomic E-state index is -4.47. The van der Waals surface area contributed by atoms with Crippen LogP contribution >= 0.6 is 0 Å². The summed E-state index contributed by atoms with van der Waals surface area (Å²) in [6, 6.07) is 3.62. The van der Waals surface area contributed by atoms with Crippen molar-refractivity contribution in [2.24, 2.45) is 0 Å². The Balaban J connectivity index is 2.29. The van der Waals surface area contributed by atoms with E-state index in [9.17, 15) is 18.0 Å². The summed E-state index contributed by atoms with van der Waals surface area (Å²) < 4.78 is 38.7. The first-order valence-corrected chi connectivity index (χ1v) is 8.23. The van der Waals surface area contributed by atoms with E-state index in [4.69, 9.17) is 10.9 Å². The molecule has 1 amide bonds. The molecule has 0 aliphatic rings. The first-order valence-electron chi connectivity index (χ1n) is 8.23. The van der Waals surface area contributed by atoms with Gasteiger partial charge in [-0.25, -0.2) is 5.48 Å². The van der Waals surface area contributed by atoms with Crippen molar-refractivity contribution in [2.45, 2.75) is 57.5 Å². The standard InChI is InChI=1S/C18H23F3N2O2/c19-18(20,21)16-13-15(22)12-11-14(16)9-7-5-3-1-2-4-6-8-10-17(24)23-25/h11-13,25H,1-6,8,10,22H2,(H,23,24). The van der Waals surface area contributed by atoms with E-state index < -0.39 is 11.7 Å². The highest BCUT2D eigenvalue weighted by Crippen LogP contribution is 2.32. The number of alkyl halides is 3. The normalized spacial score (nSPS) is 10.9. The SMILES string of the molecule is Nc1ccc(C#CCCCCCCCCC(=O)NO)c(C(F)(F)F)c1. The molecule has 4 N–H and O–H groups in total. The van der Waals surface area contributed by atoms with Gasteiger partial charge in [0.25, 0.3) is 0 Å². The molecular formula is C18H23F3N2O2. The van der Waals surface area contributed by atoms with Crippen LogP contribution in [0, 0.1) is 11.8 Å². The van der Waals surface area contributed by atoms with Gasteiger partial charge in [-0.15, -0.1) is 0 Å². The largest absolute Gasteiger partial charge is 0.417 e. The zero-order valence-corrected chi connectivity index (χ0v) is 14.0. The number of unbranched alkanes of at least 4 members (excludes halogenated alkanes) is 6. The van der Waals surface area contributed by atoms with Crippen LogP contribution in [0.25, 0.3) is 0 Å². The summed E-state index contributed by atoms with van der Waals surface area (Å²) in [7, 11) is 0. The lowest BCUT2D eigenvalue weighted by Crippen LogP contribution is -2.17. The van der Waals surface area contributed by atoms with Gasteiger partial charge in [0.05, 0.1) is 5.56 Å². The number of hydrogen-bond donors (Lipinski definition) is 3. The topological polar surface area (TPSA) is 75.4 Å². The van der Waals surface area contributed by atoms with Crippen molar-refractivity contribution in [3.8, 4) is 11.8 Å². The zero-order valence-electron chi connectivity index (χ0n) is 14.0. The Morgan fingerprint density at radius 2 is 1.76 bits per heavy atom. The maximum atomic E-state index is 12.9. The summed E-state index contributed by atoms with van der Waals surface area (Å²) in [5, 5.41) is 8.33. The molecule has 0 saturated carbocycles. The quantitative estimate of drug-likeness (QED) is 0.214. The van der Waals surface area contributed by atoms with Crippen molar-refractivity contribution >= 4 is 11.6 Å². The van der Waals surface area contributed by atoms with Crippen LogP contribution < -0.4 is 11.2 Å². The Bertz CT molecular complexity index is 619. The Kier molecular flexibility index (Phi) is 8.86. The predicted octanol–water partition coefficient (Wildman–Crippen LogP) is 4.27.